The van der Waals surface area contributed by atoms with Gasteiger partial charge in [0.05, 0.1) is 49.0 Å². The summed E-state index contributed by atoms with van der Waals surface area (Å²) >= 11 is 0. The summed E-state index contributed by atoms with van der Waals surface area (Å²) in [6.45, 7) is 8.93. The summed E-state index contributed by atoms with van der Waals surface area (Å²) in [7, 11) is 0. The fourth-order valence-corrected chi connectivity index (χ4v) is 3.90. The molecule has 1 aliphatic heterocycles. The Morgan fingerprint density at radius 2 is 1.97 bits per heavy atom. The van der Waals surface area contributed by atoms with Gasteiger partial charge in [-0.15, -0.1) is 0 Å². The number of ether oxygens (including phenoxy) is 3. The first-order valence-electron chi connectivity index (χ1n) is 11.1. The largest absolute Gasteiger partial charge is 0.492 e. The number of carbonyl (C=O) groups is 1. The quantitative estimate of drug-likeness (QED) is 0.513. The summed E-state index contributed by atoms with van der Waals surface area (Å²) in [6.07, 6.45) is 1.46. The number of aromatic nitrogens is 1. The fraction of sp³-hybridized carbons (Fsp3) is 0.360. The molecular formula is C25H28FN3O4. The average Bonchev–Trinajstić information content (AvgIpc) is 2.82. The van der Waals surface area contributed by atoms with Crippen LogP contribution < -0.4 is 15.0 Å². The Labute approximate surface area is 192 Å². The van der Waals surface area contributed by atoms with Gasteiger partial charge in [-0.25, -0.2) is 9.18 Å². The van der Waals surface area contributed by atoms with Crippen molar-refractivity contribution in [1.82, 2.24) is 4.98 Å². The molecule has 1 saturated heterocycles. The van der Waals surface area contributed by atoms with Crippen LogP contribution in [0.4, 0.5) is 21.5 Å². The Kier molecular flexibility index (Phi) is 6.93. The van der Waals surface area contributed by atoms with Crippen LogP contribution in [0, 0.1) is 12.7 Å². The molecule has 0 spiro atoms. The molecule has 0 atom stereocenters. The molecule has 3 aromatic rings. The maximum Gasteiger partial charge on any atom is 0.341 e. The monoisotopic (exact) mass is 453 g/mol. The van der Waals surface area contributed by atoms with Crippen molar-refractivity contribution in [3.05, 3.63) is 53.5 Å². The Morgan fingerprint density at radius 1 is 1.18 bits per heavy atom. The zero-order valence-electron chi connectivity index (χ0n) is 19.1. The number of rotatable bonds is 7. The second kappa shape index (κ2) is 10.0. The van der Waals surface area contributed by atoms with Crippen LogP contribution in [0.3, 0.4) is 0 Å². The van der Waals surface area contributed by atoms with Crippen molar-refractivity contribution in [3.63, 3.8) is 0 Å². The molecule has 0 amide bonds. The molecule has 0 saturated carbocycles. The summed E-state index contributed by atoms with van der Waals surface area (Å²) in [5.74, 6) is -0.236. The van der Waals surface area contributed by atoms with Crippen LogP contribution in [0.15, 0.2) is 36.5 Å². The molecule has 1 N–H and O–H groups in total. The first kappa shape index (κ1) is 22.8. The molecule has 4 rings (SSSR count). The highest BCUT2D eigenvalue weighted by Crippen LogP contribution is 2.39. The van der Waals surface area contributed by atoms with Gasteiger partial charge in [0.1, 0.15) is 17.1 Å². The molecule has 1 aromatic heterocycles. The number of hydrogen-bond donors (Lipinski definition) is 1. The molecule has 174 valence electrons. The zero-order chi connectivity index (χ0) is 23.4. The minimum absolute atomic E-state index is 0.220. The Bertz CT molecular complexity index is 1160. The molecule has 0 bridgehead atoms. The third kappa shape index (κ3) is 4.85. The van der Waals surface area contributed by atoms with Gasteiger partial charge in [-0.3, -0.25) is 4.98 Å². The molecule has 7 nitrogen and oxygen atoms in total. The minimum atomic E-state index is -0.524. The molecule has 2 heterocycles. The van der Waals surface area contributed by atoms with Crippen molar-refractivity contribution < 1.29 is 23.4 Å². The van der Waals surface area contributed by atoms with E-state index >= 15 is 0 Å². The van der Waals surface area contributed by atoms with Crippen LogP contribution in [0.5, 0.6) is 5.75 Å². The van der Waals surface area contributed by atoms with Gasteiger partial charge in [-0.05, 0) is 44.5 Å². The Morgan fingerprint density at radius 3 is 2.70 bits per heavy atom. The van der Waals surface area contributed by atoms with Gasteiger partial charge in [0.15, 0.2) is 0 Å². The van der Waals surface area contributed by atoms with Crippen molar-refractivity contribution in [2.24, 2.45) is 0 Å². The predicted molar refractivity (Wildman–Crippen MR) is 126 cm³/mol. The van der Waals surface area contributed by atoms with Gasteiger partial charge >= 0.3 is 5.97 Å². The average molecular weight is 454 g/mol. The summed E-state index contributed by atoms with van der Waals surface area (Å²) in [5.41, 5.74) is 3.35. The van der Waals surface area contributed by atoms with Gasteiger partial charge in [0, 0.05) is 30.7 Å². The van der Waals surface area contributed by atoms with Crippen molar-refractivity contribution >= 4 is 33.9 Å². The molecule has 0 unspecified atom stereocenters. The minimum Gasteiger partial charge on any atom is -0.492 e. The van der Waals surface area contributed by atoms with E-state index in [9.17, 15) is 9.18 Å². The van der Waals surface area contributed by atoms with Crippen molar-refractivity contribution in [3.8, 4) is 5.75 Å². The number of nitrogens with one attached hydrogen (secondary N) is 1. The van der Waals surface area contributed by atoms with Crippen LogP contribution in [0.25, 0.3) is 10.9 Å². The van der Waals surface area contributed by atoms with Crippen LogP contribution in [0.1, 0.15) is 29.8 Å². The number of morpholine rings is 1. The molecule has 33 heavy (non-hydrogen) atoms. The number of aryl methyl sites for hydroxylation is 1. The molecule has 2 aromatic carbocycles. The first-order valence-corrected chi connectivity index (χ1v) is 11.1. The van der Waals surface area contributed by atoms with Crippen LogP contribution in [-0.4, -0.2) is 50.5 Å². The lowest BCUT2D eigenvalue weighted by Crippen LogP contribution is -2.36. The van der Waals surface area contributed by atoms with Gasteiger partial charge < -0.3 is 24.4 Å². The van der Waals surface area contributed by atoms with E-state index in [-0.39, 0.29) is 17.9 Å². The highest BCUT2D eigenvalue weighted by atomic mass is 19.1. The second-order valence-corrected chi connectivity index (χ2v) is 7.75. The normalized spacial score (nSPS) is 13.8. The molecule has 8 heteroatoms. The standard InChI is InChI=1S/C25H28FN3O4/c1-4-32-23-14-20-17(13-22(23)29-8-10-31-11-9-29)24(18(15-27-20)25(30)33-5-2)28-21-12-16(3)6-7-19(21)26/h6-7,12-15H,4-5,8-11H2,1-3H3,(H,27,28). The number of pyridine rings is 1. The highest BCUT2D eigenvalue weighted by molar-refractivity contribution is 6.07. The van der Waals surface area contributed by atoms with Crippen molar-refractivity contribution in [1.29, 1.82) is 0 Å². The lowest BCUT2D eigenvalue weighted by atomic mass is 10.1. The summed E-state index contributed by atoms with van der Waals surface area (Å²) in [4.78, 5) is 19.4. The van der Waals surface area contributed by atoms with E-state index in [2.05, 4.69) is 15.2 Å². The van der Waals surface area contributed by atoms with E-state index in [4.69, 9.17) is 14.2 Å². The number of nitrogens with zero attached hydrogens (tertiary/aromatic N) is 2. The van der Waals surface area contributed by atoms with Gasteiger partial charge in [-0.1, -0.05) is 6.07 Å². The topological polar surface area (TPSA) is 72.9 Å². The Balaban J connectivity index is 1.92. The predicted octanol–water partition coefficient (Wildman–Crippen LogP) is 4.84. The molecule has 0 aliphatic carbocycles. The summed E-state index contributed by atoms with van der Waals surface area (Å²) < 4.78 is 31.3. The van der Waals surface area contributed by atoms with E-state index in [1.807, 2.05) is 26.0 Å². The maximum atomic E-state index is 14.6. The zero-order valence-corrected chi connectivity index (χ0v) is 19.1. The highest BCUT2D eigenvalue weighted by Gasteiger charge is 2.22. The summed E-state index contributed by atoms with van der Waals surface area (Å²) in [5, 5.41) is 3.82. The smallest absolute Gasteiger partial charge is 0.341 e. The van der Waals surface area contributed by atoms with Gasteiger partial charge in [-0.2, -0.15) is 0 Å². The molecule has 1 aliphatic rings. The number of carbonyl (C=O) groups excluding carboxylic acids is 1. The Hall–Kier alpha value is -3.39. The first-order chi connectivity index (χ1) is 16.0. The van der Waals surface area contributed by atoms with Gasteiger partial charge in [0.25, 0.3) is 0 Å². The summed E-state index contributed by atoms with van der Waals surface area (Å²) in [6, 6.07) is 8.60. The third-order valence-corrected chi connectivity index (χ3v) is 5.48. The van der Waals surface area contributed by atoms with Crippen LogP contribution in [0.2, 0.25) is 0 Å². The molecule has 1 fully saturated rings. The van der Waals surface area contributed by atoms with E-state index in [1.165, 1.54) is 12.3 Å². The van der Waals surface area contributed by atoms with Gasteiger partial charge in [0.2, 0.25) is 0 Å². The fourth-order valence-electron chi connectivity index (χ4n) is 3.90. The molecule has 0 radical (unpaired) electrons. The lowest BCUT2D eigenvalue weighted by Gasteiger charge is -2.30. The number of benzene rings is 2. The SMILES string of the molecule is CCOC(=O)c1cnc2cc(OCC)c(N3CCOCC3)cc2c1Nc1cc(C)ccc1F. The van der Waals surface area contributed by atoms with Crippen LogP contribution >= 0.6 is 0 Å². The number of hydrogen-bond acceptors (Lipinski definition) is 7. The third-order valence-electron chi connectivity index (χ3n) is 5.48. The van der Waals surface area contributed by atoms with E-state index < -0.39 is 11.8 Å². The second-order valence-electron chi connectivity index (χ2n) is 7.75. The van der Waals surface area contributed by atoms with Crippen LogP contribution in [-0.2, 0) is 9.47 Å². The van der Waals surface area contributed by atoms with Crippen molar-refractivity contribution in [2.45, 2.75) is 20.8 Å². The number of anilines is 3. The lowest BCUT2D eigenvalue weighted by molar-refractivity contribution is 0.0527. The van der Waals surface area contributed by atoms with Crippen molar-refractivity contribution in [2.75, 3.05) is 49.7 Å². The molecular weight excluding hydrogens is 425 g/mol. The van der Waals surface area contributed by atoms with E-state index in [1.54, 1.807) is 19.1 Å². The number of esters is 1. The number of fused-ring (bicyclic) bond motifs is 1. The number of halogens is 1. The maximum absolute atomic E-state index is 14.6. The van der Waals surface area contributed by atoms with E-state index in [0.29, 0.717) is 55.2 Å². The van der Waals surface area contributed by atoms with E-state index in [0.717, 1.165) is 11.3 Å².